The smallest absolute Gasteiger partial charge is 0.351 e. The van der Waals surface area contributed by atoms with Crippen molar-refractivity contribution in [3.63, 3.8) is 0 Å². The van der Waals surface area contributed by atoms with Crippen molar-refractivity contribution in [3.05, 3.63) is 17.6 Å². The highest BCUT2D eigenvalue weighted by atomic mass is 16.5. The summed E-state index contributed by atoms with van der Waals surface area (Å²) in [6, 6.07) is 1.83. The summed E-state index contributed by atoms with van der Waals surface area (Å²) in [4.78, 5) is 20.1. The van der Waals surface area contributed by atoms with E-state index in [1.165, 1.54) is 12.7 Å². The molecule has 0 spiro atoms. The van der Waals surface area contributed by atoms with Crippen molar-refractivity contribution in [3.8, 4) is 6.07 Å². The first-order valence-electron chi connectivity index (χ1n) is 6.57. The molecule has 1 aliphatic heterocycles. The number of aliphatic hydroxyl groups excluding tert-OH is 1. The molecule has 9 nitrogen and oxygen atoms in total. The van der Waals surface area contributed by atoms with E-state index in [-0.39, 0.29) is 37.8 Å². The van der Waals surface area contributed by atoms with Crippen molar-refractivity contribution in [2.45, 2.75) is 13.7 Å². The number of nitrogens with zero attached hydrogens (tertiary/aromatic N) is 4. The van der Waals surface area contributed by atoms with Crippen LogP contribution >= 0.6 is 0 Å². The van der Waals surface area contributed by atoms with Gasteiger partial charge in [0.1, 0.15) is 18.5 Å². The molecular weight excluding hydrogens is 290 g/mol. The van der Waals surface area contributed by atoms with Crippen LogP contribution in [0.4, 0.5) is 5.82 Å². The minimum atomic E-state index is -0.722. The first-order chi connectivity index (χ1) is 10.7. The fourth-order valence-corrected chi connectivity index (χ4v) is 1.83. The highest BCUT2D eigenvalue weighted by Crippen LogP contribution is 2.28. The SMILES string of the molecule is CCOC(=O)/C(C#N)=C1\NC=Nc2c1ncn2COCCO. The Bertz CT molecular complexity index is 656. The molecule has 22 heavy (non-hydrogen) atoms. The number of aliphatic hydroxyl groups is 1. The number of fused-ring (bicyclic) bond motifs is 1. The molecule has 0 aromatic carbocycles. The summed E-state index contributed by atoms with van der Waals surface area (Å²) in [6.45, 7) is 2.07. The second-order valence-electron chi connectivity index (χ2n) is 4.13. The molecule has 1 aromatic heterocycles. The van der Waals surface area contributed by atoms with E-state index in [9.17, 15) is 10.1 Å². The maximum Gasteiger partial charge on any atom is 0.351 e. The van der Waals surface area contributed by atoms with Gasteiger partial charge in [-0.2, -0.15) is 5.26 Å². The molecule has 2 rings (SSSR count). The van der Waals surface area contributed by atoms with E-state index in [0.29, 0.717) is 11.5 Å². The average molecular weight is 305 g/mol. The maximum absolute atomic E-state index is 11.8. The highest BCUT2D eigenvalue weighted by molar-refractivity contribution is 6.04. The van der Waals surface area contributed by atoms with Crippen LogP contribution in [0.15, 0.2) is 16.9 Å². The number of carbonyl (C=O) groups excluding carboxylic acids is 1. The summed E-state index contributed by atoms with van der Waals surface area (Å²) in [5, 5.41) is 20.7. The summed E-state index contributed by atoms with van der Waals surface area (Å²) in [5.41, 5.74) is 0.433. The Labute approximate surface area is 126 Å². The molecule has 2 N–H and O–H groups in total. The van der Waals surface area contributed by atoms with Gasteiger partial charge in [-0.25, -0.2) is 14.8 Å². The zero-order valence-electron chi connectivity index (χ0n) is 11.9. The van der Waals surface area contributed by atoms with Gasteiger partial charge in [-0.1, -0.05) is 0 Å². The van der Waals surface area contributed by atoms with Crippen LogP contribution < -0.4 is 5.32 Å². The number of hydrogen-bond donors (Lipinski definition) is 2. The number of imidazole rings is 1. The number of hydrogen-bond acceptors (Lipinski definition) is 8. The third-order valence-electron chi connectivity index (χ3n) is 2.75. The average Bonchev–Trinajstić information content (AvgIpc) is 2.93. The standard InChI is InChI=1S/C13H15N5O4/c1-2-22-13(20)9(5-14)10-11-12(16-6-15-10)18(7-17-11)8-21-4-3-19/h6-7,19H,2-4,8H2,1H3,(H,15,16)/b10-9-. The highest BCUT2D eigenvalue weighted by Gasteiger charge is 2.25. The molecule has 0 saturated carbocycles. The van der Waals surface area contributed by atoms with Crippen LogP contribution in [-0.4, -0.2) is 46.8 Å². The number of nitriles is 1. The van der Waals surface area contributed by atoms with E-state index < -0.39 is 5.97 Å². The normalized spacial score (nSPS) is 14.8. The lowest BCUT2D eigenvalue weighted by Crippen LogP contribution is -2.20. The molecule has 0 radical (unpaired) electrons. The topological polar surface area (TPSA) is 122 Å². The summed E-state index contributed by atoms with van der Waals surface area (Å²) in [6.07, 6.45) is 2.84. The van der Waals surface area contributed by atoms with E-state index in [4.69, 9.17) is 14.6 Å². The van der Waals surface area contributed by atoms with Crippen molar-refractivity contribution in [1.82, 2.24) is 14.9 Å². The number of ether oxygens (including phenoxy) is 2. The van der Waals surface area contributed by atoms with Crippen LogP contribution in [0, 0.1) is 11.3 Å². The predicted molar refractivity (Wildman–Crippen MR) is 75.7 cm³/mol. The zero-order chi connectivity index (χ0) is 15.9. The molecule has 1 aromatic rings. The Balaban J connectivity index is 2.35. The fourth-order valence-electron chi connectivity index (χ4n) is 1.83. The second kappa shape index (κ2) is 7.35. The number of aliphatic imine (C=N–C) groups is 1. The van der Waals surface area contributed by atoms with Crippen LogP contribution in [0.1, 0.15) is 12.6 Å². The summed E-state index contributed by atoms with van der Waals surface area (Å²) >= 11 is 0. The van der Waals surface area contributed by atoms with E-state index in [1.54, 1.807) is 11.5 Å². The quantitative estimate of drug-likeness (QED) is 0.326. The number of esters is 1. The van der Waals surface area contributed by atoms with Gasteiger partial charge in [-0.3, -0.25) is 4.57 Å². The van der Waals surface area contributed by atoms with Crippen LogP contribution in [-0.2, 0) is 21.0 Å². The van der Waals surface area contributed by atoms with Crippen LogP contribution in [0.3, 0.4) is 0 Å². The van der Waals surface area contributed by atoms with Crippen LogP contribution in [0.5, 0.6) is 0 Å². The molecule has 2 heterocycles. The third kappa shape index (κ3) is 3.13. The van der Waals surface area contributed by atoms with Crippen molar-refractivity contribution in [1.29, 1.82) is 5.26 Å². The van der Waals surface area contributed by atoms with Gasteiger partial charge in [0, 0.05) is 0 Å². The van der Waals surface area contributed by atoms with Crippen molar-refractivity contribution in [2.75, 3.05) is 19.8 Å². The Morgan fingerprint density at radius 3 is 3.09 bits per heavy atom. The molecule has 0 fully saturated rings. The van der Waals surface area contributed by atoms with Crippen LogP contribution in [0.25, 0.3) is 5.70 Å². The third-order valence-corrected chi connectivity index (χ3v) is 2.75. The number of rotatable bonds is 6. The van der Waals surface area contributed by atoms with E-state index >= 15 is 0 Å². The van der Waals surface area contributed by atoms with Gasteiger partial charge in [-0.05, 0) is 6.92 Å². The van der Waals surface area contributed by atoms with E-state index in [2.05, 4.69) is 15.3 Å². The van der Waals surface area contributed by atoms with Crippen molar-refractivity contribution >= 4 is 23.8 Å². The summed E-state index contributed by atoms with van der Waals surface area (Å²) in [5.74, 6) is -0.274. The lowest BCUT2D eigenvalue weighted by molar-refractivity contribution is -0.137. The molecule has 0 unspecified atom stereocenters. The van der Waals surface area contributed by atoms with Gasteiger partial charge in [-0.15, -0.1) is 0 Å². The number of aromatic nitrogens is 2. The Morgan fingerprint density at radius 2 is 2.41 bits per heavy atom. The summed E-state index contributed by atoms with van der Waals surface area (Å²) in [7, 11) is 0. The molecule has 0 bridgehead atoms. The Morgan fingerprint density at radius 1 is 1.59 bits per heavy atom. The fraction of sp³-hybridized carbons (Fsp3) is 0.385. The predicted octanol–water partition coefficient (Wildman–Crippen LogP) is -0.0897. The van der Waals surface area contributed by atoms with E-state index in [1.807, 2.05) is 6.07 Å². The van der Waals surface area contributed by atoms with Gasteiger partial charge in [0.05, 0.1) is 38.2 Å². The van der Waals surface area contributed by atoms with Gasteiger partial charge in [0.2, 0.25) is 0 Å². The minimum Gasteiger partial charge on any atom is -0.462 e. The van der Waals surface area contributed by atoms with Gasteiger partial charge in [0.15, 0.2) is 11.4 Å². The van der Waals surface area contributed by atoms with Crippen LogP contribution in [0.2, 0.25) is 0 Å². The molecular formula is C13H15N5O4. The van der Waals surface area contributed by atoms with Crippen molar-refractivity contribution < 1.29 is 19.4 Å². The Kier molecular flexibility index (Phi) is 5.24. The van der Waals surface area contributed by atoms with Crippen molar-refractivity contribution in [2.24, 2.45) is 4.99 Å². The molecule has 0 amide bonds. The second-order valence-corrected chi connectivity index (χ2v) is 4.13. The molecule has 1 aliphatic rings. The van der Waals surface area contributed by atoms with E-state index in [0.717, 1.165) is 0 Å². The molecule has 0 aliphatic carbocycles. The first kappa shape index (κ1) is 15.7. The molecule has 116 valence electrons. The molecule has 0 saturated heterocycles. The Hall–Kier alpha value is -2.70. The minimum absolute atomic E-state index is 0.0890. The largest absolute Gasteiger partial charge is 0.462 e. The number of nitrogens with one attached hydrogen (secondary N) is 1. The molecule has 9 heteroatoms. The van der Waals surface area contributed by atoms with Gasteiger partial charge in [0.25, 0.3) is 0 Å². The maximum atomic E-state index is 11.8. The lowest BCUT2D eigenvalue weighted by Gasteiger charge is -2.14. The summed E-state index contributed by atoms with van der Waals surface area (Å²) < 4.78 is 11.7. The molecule has 0 atom stereocenters. The lowest BCUT2D eigenvalue weighted by atomic mass is 10.1. The van der Waals surface area contributed by atoms with Gasteiger partial charge >= 0.3 is 5.97 Å². The zero-order valence-corrected chi connectivity index (χ0v) is 11.9. The number of carbonyl (C=O) groups is 1. The van der Waals surface area contributed by atoms with Gasteiger partial charge < -0.3 is 19.9 Å². The monoisotopic (exact) mass is 305 g/mol. The first-order valence-corrected chi connectivity index (χ1v) is 6.57.